The minimum atomic E-state index is 0. The maximum atomic E-state index is 3.72. The molecule has 0 saturated carbocycles. The van der Waals surface area contributed by atoms with Gasteiger partial charge in [0, 0.05) is 17.1 Å². The Labute approximate surface area is 47.2 Å². The fourth-order valence-electron chi connectivity index (χ4n) is 0.248. The van der Waals surface area contributed by atoms with Crippen LogP contribution >= 0.6 is 0 Å². The zero-order chi connectivity index (χ0) is 3.54. The van der Waals surface area contributed by atoms with Crippen LogP contribution in [0.15, 0.2) is 24.5 Å². The number of hydrogen-bond donors (Lipinski definition) is 0. The smallest absolute Gasteiger partial charge is 0 e. The Kier molecular flexibility index (Phi) is 2.91. The van der Waals surface area contributed by atoms with E-state index in [0.29, 0.717) is 0 Å². The summed E-state index contributed by atoms with van der Waals surface area (Å²) in [4.78, 5) is 3.72. The van der Waals surface area contributed by atoms with Crippen LogP contribution in [-0.2, 0) is 17.1 Å². The molecule has 0 radical (unpaired) electrons. The Bertz CT molecular complexity index is 64.0. The van der Waals surface area contributed by atoms with E-state index in [4.69, 9.17) is 0 Å². The summed E-state index contributed by atoms with van der Waals surface area (Å²) in [6.07, 6.45) is 3.50. The maximum absolute atomic E-state index is 3.72. The standard InChI is InChI=1S/C4H4N.Fe/c1-2-4-5-3-1;/h1-4H;/q-1;. The minimum Gasteiger partial charge on any atom is -0.670 e. The molecule has 0 aliphatic carbocycles. The van der Waals surface area contributed by atoms with Gasteiger partial charge in [-0.3, -0.25) is 0 Å². The van der Waals surface area contributed by atoms with Gasteiger partial charge in [0.25, 0.3) is 0 Å². The van der Waals surface area contributed by atoms with E-state index in [2.05, 4.69) is 4.98 Å². The molecule has 0 aromatic carbocycles. The first-order valence-electron chi connectivity index (χ1n) is 1.52. The van der Waals surface area contributed by atoms with Crippen LogP contribution in [0.2, 0.25) is 0 Å². The monoisotopic (exact) mass is 122 g/mol. The third-order valence-electron chi connectivity index (χ3n) is 0.455. The molecule has 0 aliphatic rings. The van der Waals surface area contributed by atoms with Crippen LogP contribution in [0.1, 0.15) is 0 Å². The van der Waals surface area contributed by atoms with Gasteiger partial charge in [-0.05, 0) is 0 Å². The number of nitrogens with zero attached hydrogens (tertiary/aromatic N) is 1. The van der Waals surface area contributed by atoms with Crippen molar-refractivity contribution < 1.29 is 17.1 Å². The Morgan fingerprint density at radius 2 is 1.50 bits per heavy atom. The first-order valence-corrected chi connectivity index (χ1v) is 1.52. The molecule has 1 aromatic heterocycles. The molecule has 1 heterocycles. The second-order valence-electron chi connectivity index (χ2n) is 0.832. The fraction of sp³-hybridized carbons (Fsp3) is 0. The molecule has 0 N–H and O–H groups in total. The largest absolute Gasteiger partial charge is 0.670 e. The van der Waals surface area contributed by atoms with E-state index < -0.39 is 0 Å². The Balaban J connectivity index is 0.000000250. The Morgan fingerprint density at radius 1 is 1.00 bits per heavy atom. The number of rotatable bonds is 0. The Morgan fingerprint density at radius 3 is 1.67 bits per heavy atom. The second-order valence-corrected chi connectivity index (χ2v) is 0.832. The van der Waals surface area contributed by atoms with E-state index in [1.165, 1.54) is 0 Å². The third kappa shape index (κ3) is 1.29. The van der Waals surface area contributed by atoms with Gasteiger partial charge in [-0.15, -0.1) is 0 Å². The molecule has 0 aliphatic heterocycles. The summed E-state index contributed by atoms with van der Waals surface area (Å²) in [6.45, 7) is 0. The van der Waals surface area contributed by atoms with Crippen LogP contribution in [0.25, 0.3) is 0 Å². The number of aromatic nitrogens is 1. The van der Waals surface area contributed by atoms with Gasteiger partial charge in [0.15, 0.2) is 0 Å². The van der Waals surface area contributed by atoms with Crippen LogP contribution in [0.3, 0.4) is 0 Å². The van der Waals surface area contributed by atoms with Gasteiger partial charge in [0.2, 0.25) is 0 Å². The van der Waals surface area contributed by atoms with Gasteiger partial charge in [-0.2, -0.15) is 12.4 Å². The maximum Gasteiger partial charge on any atom is 0 e. The molecule has 0 amide bonds. The topological polar surface area (TPSA) is 14.1 Å². The quantitative estimate of drug-likeness (QED) is 0.460. The van der Waals surface area contributed by atoms with Crippen molar-refractivity contribution in [2.75, 3.05) is 0 Å². The molecule has 0 bridgehead atoms. The molecule has 6 heavy (non-hydrogen) atoms. The average molecular weight is 122 g/mol. The average Bonchev–Trinajstić information content (AvgIpc) is 1.76. The fourth-order valence-corrected chi connectivity index (χ4v) is 0.248. The van der Waals surface area contributed by atoms with Crippen molar-refractivity contribution in [3.63, 3.8) is 0 Å². The SMILES string of the molecule is [Fe].c1cc[n-]c1. The molecule has 2 heteroatoms. The summed E-state index contributed by atoms with van der Waals surface area (Å²) in [5, 5.41) is 0. The van der Waals surface area contributed by atoms with E-state index in [9.17, 15) is 0 Å². The van der Waals surface area contributed by atoms with Gasteiger partial charge >= 0.3 is 0 Å². The summed E-state index contributed by atoms with van der Waals surface area (Å²) in [5.41, 5.74) is 0. The molecule has 1 aromatic rings. The molecule has 0 spiro atoms. The summed E-state index contributed by atoms with van der Waals surface area (Å²) in [6, 6.07) is 3.78. The van der Waals surface area contributed by atoms with Crippen LogP contribution in [-0.4, -0.2) is 0 Å². The first kappa shape index (κ1) is 5.80. The predicted octanol–water partition coefficient (Wildman–Crippen LogP) is 0.641. The van der Waals surface area contributed by atoms with Crippen LogP contribution in [0, 0.1) is 0 Å². The van der Waals surface area contributed by atoms with E-state index in [1.54, 1.807) is 12.4 Å². The molecule has 1 rings (SSSR count). The van der Waals surface area contributed by atoms with Crippen molar-refractivity contribution in [1.82, 2.24) is 4.98 Å². The third-order valence-corrected chi connectivity index (χ3v) is 0.455. The Hall–Kier alpha value is -0.201. The molecule has 0 saturated heterocycles. The van der Waals surface area contributed by atoms with Gasteiger partial charge in [0.05, 0.1) is 0 Å². The van der Waals surface area contributed by atoms with E-state index in [0.717, 1.165) is 0 Å². The van der Waals surface area contributed by atoms with Crippen LogP contribution in [0.5, 0.6) is 0 Å². The zero-order valence-corrected chi connectivity index (χ0v) is 4.21. The van der Waals surface area contributed by atoms with Gasteiger partial charge in [-0.25, -0.2) is 0 Å². The van der Waals surface area contributed by atoms with Crippen LogP contribution in [0.4, 0.5) is 0 Å². The van der Waals surface area contributed by atoms with Crippen LogP contribution < -0.4 is 4.98 Å². The normalized spacial score (nSPS) is 6.67. The molecule has 0 unspecified atom stereocenters. The number of hydrogen-bond acceptors (Lipinski definition) is 0. The van der Waals surface area contributed by atoms with Crippen molar-refractivity contribution in [3.05, 3.63) is 24.5 Å². The second kappa shape index (κ2) is 3.01. The minimum absolute atomic E-state index is 0. The summed E-state index contributed by atoms with van der Waals surface area (Å²) in [5.74, 6) is 0. The first-order chi connectivity index (χ1) is 2.50. The van der Waals surface area contributed by atoms with Crippen molar-refractivity contribution in [2.24, 2.45) is 0 Å². The molecule has 0 atom stereocenters. The van der Waals surface area contributed by atoms with E-state index in [1.807, 2.05) is 12.1 Å². The van der Waals surface area contributed by atoms with E-state index in [-0.39, 0.29) is 17.1 Å². The van der Waals surface area contributed by atoms with E-state index >= 15 is 0 Å². The summed E-state index contributed by atoms with van der Waals surface area (Å²) >= 11 is 0. The van der Waals surface area contributed by atoms with Crippen molar-refractivity contribution >= 4 is 0 Å². The molecule has 1 nitrogen and oxygen atoms in total. The van der Waals surface area contributed by atoms with Gasteiger partial charge < -0.3 is 4.98 Å². The summed E-state index contributed by atoms with van der Waals surface area (Å²) < 4.78 is 0. The molecular formula is C4H4FeN-. The van der Waals surface area contributed by atoms with Crippen molar-refractivity contribution in [1.29, 1.82) is 0 Å². The predicted molar refractivity (Wildman–Crippen MR) is 19.8 cm³/mol. The van der Waals surface area contributed by atoms with Crippen molar-refractivity contribution in [3.8, 4) is 0 Å². The summed E-state index contributed by atoms with van der Waals surface area (Å²) in [7, 11) is 0. The van der Waals surface area contributed by atoms with Crippen molar-refractivity contribution in [2.45, 2.75) is 0 Å². The molecular weight excluding hydrogens is 118 g/mol. The molecule has 0 fully saturated rings. The molecule has 34 valence electrons. The van der Waals surface area contributed by atoms with Gasteiger partial charge in [-0.1, -0.05) is 12.1 Å². The zero-order valence-electron chi connectivity index (χ0n) is 3.11. The van der Waals surface area contributed by atoms with Gasteiger partial charge in [0.1, 0.15) is 0 Å².